The Bertz CT molecular complexity index is 377. The fourth-order valence-electron chi connectivity index (χ4n) is 1.96. The van der Waals surface area contributed by atoms with Crippen LogP contribution in [-0.2, 0) is 13.0 Å². The van der Waals surface area contributed by atoms with Crippen LogP contribution in [0.2, 0.25) is 0 Å². The van der Waals surface area contributed by atoms with Crippen LogP contribution in [0.25, 0.3) is 6.08 Å². The van der Waals surface area contributed by atoms with Gasteiger partial charge in [-0.3, -0.25) is 0 Å². The Kier molecular flexibility index (Phi) is 2.81. The predicted molar refractivity (Wildman–Crippen MR) is 65.5 cm³/mol. The van der Waals surface area contributed by atoms with Crippen molar-refractivity contribution < 1.29 is 0 Å². The van der Waals surface area contributed by atoms with Gasteiger partial charge in [-0.05, 0) is 43.0 Å². The Morgan fingerprint density at radius 3 is 2.80 bits per heavy atom. The average Bonchev–Trinajstić information content (AvgIpc) is 2.27. The molecule has 0 atom stereocenters. The fraction of sp³-hybridized carbons (Fsp3) is 0.429. The van der Waals surface area contributed by atoms with Gasteiger partial charge in [0.2, 0.25) is 0 Å². The van der Waals surface area contributed by atoms with Gasteiger partial charge in [0.05, 0.1) is 0 Å². The summed E-state index contributed by atoms with van der Waals surface area (Å²) in [5.74, 6) is 0. The van der Waals surface area contributed by atoms with E-state index >= 15 is 0 Å². The largest absolute Gasteiger partial charge is 0.371 e. The van der Waals surface area contributed by atoms with Crippen LogP contribution >= 0.6 is 0 Å². The van der Waals surface area contributed by atoms with Crippen molar-refractivity contribution in [3.05, 3.63) is 41.1 Å². The van der Waals surface area contributed by atoms with Gasteiger partial charge in [0, 0.05) is 18.8 Å². The van der Waals surface area contributed by atoms with Gasteiger partial charge in [-0.1, -0.05) is 25.1 Å². The van der Waals surface area contributed by atoms with Crippen LogP contribution in [0.3, 0.4) is 0 Å². The monoisotopic (exact) mass is 201 g/mol. The second-order valence-electron chi connectivity index (χ2n) is 4.47. The average molecular weight is 201 g/mol. The lowest BCUT2D eigenvalue weighted by atomic mass is 9.99. The summed E-state index contributed by atoms with van der Waals surface area (Å²) in [6.45, 7) is 7.73. The van der Waals surface area contributed by atoms with Crippen LogP contribution in [0.1, 0.15) is 37.5 Å². The maximum Gasteiger partial charge on any atom is 0.0432 e. The maximum atomic E-state index is 2.38. The van der Waals surface area contributed by atoms with Gasteiger partial charge in [-0.2, -0.15) is 0 Å². The molecule has 15 heavy (non-hydrogen) atoms. The molecular formula is C14H19N. The fourth-order valence-corrected chi connectivity index (χ4v) is 1.96. The summed E-state index contributed by atoms with van der Waals surface area (Å²) in [4.78, 5) is 2.38. The topological polar surface area (TPSA) is 3.24 Å². The lowest BCUT2D eigenvalue weighted by Crippen LogP contribution is -2.26. The van der Waals surface area contributed by atoms with Crippen molar-refractivity contribution in [1.82, 2.24) is 4.90 Å². The van der Waals surface area contributed by atoms with Gasteiger partial charge in [0.25, 0.3) is 0 Å². The summed E-state index contributed by atoms with van der Waals surface area (Å²) in [5.41, 5.74) is 4.28. The second kappa shape index (κ2) is 4.09. The molecule has 0 bridgehead atoms. The number of hydrogen-bond acceptors (Lipinski definition) is 1. The first-order valence-corrected chi connectivity index (χ1v) is 5.76. The standard InChI is InChI=1S/C14H19N/c1-4-12-5-6-13-7-8-15(11(2)3)10-14(13)9-12/h5-9,11H,4,10H2,1-3H3. The van der Waals surface area contributed by atoms with Crippen molar-refractivity contribution in [2.75, 3.05) is 0 Å². The van der Waals surface area contributed by atoms with Crippen molar-refractivity contribution in [2.24, 2.45) is 0 Å². The Hall–Kier alpha value is -1.24. The summed E-state index contributed by atoms with van der Waals surface area (Å²) in [6, 6.07) is 7.39. The van der Waals surface area contributed by atoms with Crippen LogP contribution in [0, 0.1) is 0 Å². The molecule has 0 spiro atoms. The van der Waals surface area contributed by atoms with Crippen molar-refractivity contribution >= 4 is 6.08 Å². The lowest BCUT2D eigenvalue weighted by molar-refractivity contribution is 0.301. The Morgan fingerprint density at radius 2 is 2.13 bits per heavy atom. The first kappa shape index (κ1) is 10.3. The molecule has 0 unspecified atom stereocenters. The molecule has 80 valence electrons. The third-order valence-electron chi connectivity index (χ3n) is 3.08. The quantitative estimate of drug-likeness (QED) is 0.708. The molecule has 1 aliphatic heterocycles. The highest BCUT2D eigenvalue weighted by molar-refractivity contribution is 5.56. The first-order chi connectivity index (χ1) is 7.20. The number of hydrogen-bond donors (Lipinski definition) is 0. The number of aryl methyl sites for hydroxylation is 1. The molecule has 1 aromatic carbocycles. The third-order valence-corrected chi connectivity index (χ3v) is 3.08. The summed E-state index contributed by atoms with van der Waals surface area (Å²) >= 11 is 0. The number of fused-ring (bicyclic) bond motifs is 1. The zero-order chi connectivity index (χ0) is 10.8. The molecule has 0 saturated carbocycles. The molecule has 1 aromatic rings. The molecule has 0 radical (unpaired) electrons. The molecule has 1 nitrogen and oxygen atoms in total. The van der Waals surface area contributed by atoms with E-state index in [1.54, 1.807) is 0 Å². The van der Waals surface area contributed by atoms with Crippen LogP contribution in [-0.4, -0.2) is 10.9 Å². The van der Waals surface area contributed by atoms with E-state index in [9.17, 15) is 0 Å². The lowest BCUT2D eigenvalue weighted by Gasteiger charge is -2.29. The molecule has 0 aromatic heterocycles. The molecule has 0 N–H and O–H groups in total. The van der Waals surface area contributed by atoms with Crippen molar-refractivity contribution in [3.63, 3.8) is 0 Å². The van der Waals surface area contributed by atoms with Crippen molar-refractivity contribution in [3.8, 4) is 0 Å². The molecular weight excluding hydrogens is 182 g/mol. The van der Waals surface area contributed by atoms with Gasteiger partial charge in [0.15, 0.2) is 0 Å². The number of benzene rings is 1. The van der Waals surface area contributed by atoms with Gasteiger partial charge in [-0.25, -0.2) is 0 Å². The second-order valence-corrected chi connectivity index (χ2v) is 4.47. The molecule has 0 amide bonds. The first-order valence-electron chi connectivity index (χ1n) is 5.76. The third kappa shape index (κ3) is 2.06. The van der Waals surface area contributed by atoms with Crippen molar-refractivity contribution in [2.45, 2.75) is 39.8 Å². The summed E-state index contributed by atoms with van der Waals surface area (Å²) in [5, 5.41) is 0. The van der Waals surface area contributed by atoms with Crippen molar-refractivity contribution in [1.29, 1.82) is 0 Å². The van der Waals surface area contributed by atoms with Gasteiger partial charge in [0.1, 0.15) is 0 Å². The summed E-state index contributed by atoms with van der Waals surface area (Å²) in [7, 11) is 0. The smallest absolute Gasteiger partial charge is 0.0432 e. The van der Waals surface area contributed by atoms with E-state index in [0.717, 1.165) is 13.0 Å². The summed E-state index contributed by atoms with van der Waals surface area (Å²) in [6.07, 6.45) is 5.55. The zero-order valence-corrected chi connectivity index (χ0v) is 9.83. The van der Waals surface area contributed by atoms with E-state index < -0.39 is 0 Å². The van der Waals surface area contributed by atoms with Crippen LogP contribution in [0.5, 0.6) is 0 Å². The van der Waals surface area contributed by atoms with E-state index in [0.29, 0.717) is 6.04 Å². The molecule has 1 heteroatoms. The van der Waals surface area contributed by atoms with E-state index in [1.165, 1.54) is 16.7 Å². The highest BCUT2D eigenvalue weighted by atomic mass is 15.1. The summed E-state index contributed by atoms with van der Waals surface area (Å²) < 4.78 is 0. The number of rotatable bonds is 2. The molecule has 0 fully saturated rings. The highest BCUT2D eigenvalue weighted by Crippen LogP contribution is 2.22. The Labute approximate surface area is 92.4 Å². The highest BCUT2D eigenvalue weighted by Gasteiger charge is 2.12. The van der Waals surface area contributed by atoms with E-state index in [-0.39, 0.29) is 0 Å². The molecule has 1 heterocycles. The minimum atomic E-state index is 0.583. The zero-order valence-electron chi connectivity index (χ0n) is 9.83. The molecule has 0 aliphatic carbocycles. The normalized spacial score (nSPS) is 14.5. The Morgan fingerprint density at radius 1 is 1.33 bits per heavy atom. The van der Waals surface area contributed by atoms with E-state index in [4.69, 9.17) is 0 Å². The Balaban J connectivity index is 2.30. The maximum absolute atomic E-state index is 2.38. The van der Waals surface area contributed by atoms with Gasteiger partial charge in [-0.15, -0.1) is 0 Å². The number of nitrogens with zero attached hydrogens (tertiary/aromatic N) is 1. The minimum absolute atomic E-state index is 0.583. The predicted octanol–water partition coefficient (Wildman–Crippen LogP) is 3.44. The van der Waals surface area contributed by atoms with E-state index in [1.807, 2.05) is 0 Å². The van der Waals surface area contributed by atoms with Crippen LogP contribution in [0.4, 0.5) is 0 Å². The van der Waals surface area contributed by atoms with Gasteiger partial charge >= 0.3 is 0 Å². The molecule has 0 saturated heterocycles. The van der Waals surface area contributed by atoms with Crippen LogP contribution in [0.15, 0.2) is 24.4 Å². The molecule has 1 aliphatic rings. The SMILES string of the molecule is CCc1ccc2c(c1)CN(C(C)C)C=C2. The van der Waals surface area contributed by atoms with E-state index in [2.05, 4.69) is 56.1 Å². The van der Waals surface area contributed by atoms with Crippen LogP contribution < -0.4 is 0 Å². The molecule has 2 rings (SSSR count). The minimum Gasteiger partial charge on any atom is -0.371 e. The van der Waals surface area contributed by atoms with Gasteiger partial charge < -0.3 is 4.90 Å².